The summed E-state index contributed by atoms with van der Waals surface area (Å²) in [5.74, 6) is -0.0190. The number of nitrogens with one attached hydrogen (secondary N) is 1. The molecule has 0 aliphatic heterocycles. The van der Waals surface area contributed by atoms with E-state index in [1.807, 2.05) is 49.4 Å². The van der Waals surface area contributed by atoms with Crippen molar-refractivity contribution in [2.75, 3.05) is 5.32 Å². The molecular formula is C24H24ClN3O. The second kappa shape index (κ2) is 5.79. The quantitative estimate of drug-likeness (QED) is 0.607. The fourth-order valence-corrected chi connectivity index (χ4v) is 5.64. The van der Waals surface area contributed by atoms with Crippen molar-refractivity contribution in [1.82, 2.24) is 9.97 Å². The summed E-state index contributed by atoms with van der Waals surface area (Å²) in [4.78, 5) is 23.8. The van der Waals surface area contributed by atoms with Crippen molar-refractivity contribution in [1.29, 1.82) is 0 Å². The topological polar surface area (TPSA) is 54.9 Å². The molecule has 4 nitrogen and oxygen atoms in total. The van der Waals surface area contributed by atoms with E-state index in [2.05, 4.69) is 26.1 Å². The minimum absolute atomic E-state index is 0.0190. The van der Waals surface area contributed by atoms with Crippen LogP contribution in [-0.2, 0) is 15.6 Å². The van der Waals surface area contributed by atoms with E-state index >= 15 is 0 Å². The molecule has 3 aromatic rings. The second-order valence-electron chi connectivity index (χ2n) is 9.19. The van der Waals surface area contributed by atoms with Gasteiger partial charge in [-0.2, -0.15) is 0 Å². The predicted molar refractivity (Wildman–Crippen MR) is 116 cm³/mol. The summed E-state index contributed by atoms with van der Waals surface area (Å²) in [7, 11) is 0. The summed E-state index contributed by atoms with van der Waals surface area (Å²) in [6, 6.07) is 13.5. The minimum Gasteiger partial charge on any atom is -0.325 e. The monoisotopic (exact) mass is 405 g/mol. The van der Waals surface area contributed by atoms with Crippen LogP contribution in [0, 0.1) is 12.3 Å². The molecule has 2 atom stereocenters. The molecule has 5 rings (SSSR count). The maximum Gasteiger partial charge on any atom is 0.237 e. The normalized spacial score (nSPS) is 26.5. The van der Waals surface area contributed by atoms with Gasteiger partial charge in [-0.3, -0.25) is 4.79 Å². The molecule has 2 bridgehead atoms. The maximum atomic E-state index is 13.8. The zero-order valence-electron chi connectivity index (χ0n) is 17.1. The lowest BCUT2D eigenvalue weighted by atomic mass is 9.63. The molecule has 0 radical (unpaired) electrons. The number of anilines is 1. The largest absolute Gasteiger partial charge is 0.325 e. The number of halogens is 1. The number of hydrogen-bond donors (Lipinski definition) is 1. The van der Waals surface area contributed by atoms with Crippen molar-refractivity contribution in [3.8, 4) is 0 Å². The Kier molecular flexibility index (Phi) is 3.71. The number of aryl methyl sites for hydroxylation is 1. The van der Waals surface area contributed by atoms with E-state index in [-0.39, 0.29) is 16.7 Å². The van der Waals surface area contributed by atoms with Gasteiger partial charge in [-0.25, -0.2) is 9.97 Å². The van der Waals surface area contributed by atoms with Crippen LogP contribution in [0.25, 0.3) is 11.0 Å². The SMILES string of the molecule is Cc1ccc(NC(=O)C23CCC(C)(c4nc5ccccc5nc42)C3(C)C)cc1Cl. The molecule has 2 aromatic carbocycles. The van der Waals surface area contributed by atoms with Crippen molar-refractivity contribution < 1.29 is 4.79 Å². The van der Waals surface area contributed by atoms with E-state index in [1.165, 1.54) is 0 Å². The van der Waals surface area contributed by atoms with Gasteiger partial charge in [0.15, 0.2) is 0 Å². The highest BCUT2D eigenvalue weighted by Crippen LogP contribution is 2.70. The molecular weight excluding hydrogens is 382 g/mol. The van der Waals surface area contributed by atoms with E-state index in [4.69, 9.17) is 21.6 Å². The zero-order valence-corrected chi connectivity index (χ0v) is 17.9. The van der Waals surface area contributed by atoms with Crippen LogP contribution in [-0.4, -0.2) is 15.9 Å². The third kappa shape index (κ3) is 2.18. The summed E-state index contributed by atoms with van der Waals surface area (Å²) in [5.41, 5.74) is 4.02. The lowest BCUT2D eigenvalue weighted by Gasteiger charge is -2.39. The fourth-order valence-electron chi connectivity index (χ4n) is 5.46. The highest BCUT2D eigenvalue weighted by atomic mass is 35.5. The number of aromatic nitrogens is 2. The summed E-state index contributed by atoms with van der Waals surface area (Å²) in [6.07, 6.45) is 1.68. The van der Waals surface area contributed by atoms with Gasteiger partial charge < -0.3 is 5.32 Å². The van der Waals surface area contributed by atoms with Crippen molar-refractivity contribution in [2.24, 2.45) is 5.41 Å². The Hall–Kier alpha value is -2.46. The van der Waals surface area contributed by atoms with Crippen LogP contribution in [0.5, 0.6) is 0 Å². The van der Waals surface area contributed by atoms with Gasteiger partial charge in [0.2, 0.25) is 5.91 Å². The van der Waals surface area contributed by atoms with Gasteiger partial charge in [-0.15, -0.1) is 0 Å². The Morgan fingerprint density at radius 1 is 1.00 bits per heavy atom. The number of amides is 1. The van der Waals surface area contributed by atoms with Crippen LogP contribution in [0.1, 0.15) is 50.6 Å². The van der Waals surface area contributed by atoms with Gasteiger partial charge in [0.05, 0.1) is 27.8 Å². The molecule has 5 heteroatoms. The van der Waals surface area contributed by atoms with Gasteiger partial charge in [0, 0.05) is 16.1 Å². The standard InChI is InChI=1S/C24H24ClN3O/c1-14-9-10-15(13-16(14)25)26-21(29)24-12-11-23(4,22(24,2)3)19-20(24)28-18-8-6-5-7-17(18)27-19/h5-10,13H,11-12H2,1-4H3,(H,26,29). The van der Waals surface area contributed by atoms with Crippen molar-refractivity contribution in [3.05, 3.63) is 64.4 Å². The number of carbonyl (C=O) groups is 1. The van der Waals surface area contributed by atoms with Crippen molar-refractivity contribution >= 4 is 34.2 Å². The molecule has 2 unspecified atom stereocenters. The van der Waals surface area contributed by atoms with E-state index in [9.17, 15) is 4.79 Å². The molecule has 0 saturated heterocycles. The van der Waals surface area contributed by atoms with Crippen molar-refractivity contribution in [2.45, 2.75) is 51.4 Å². The molecule has 2 aliphatic rings. The number of rotatable bonds is 2. The average Bonchev–Trinajstić information content (AvgIpc) is 2.99. The van der Waals surface area contributed by atoms with Gasteiger partial charge >= 0.3 is 0 Å². The summed E-state index contributed by atoms with van der Waals surface area (Å²) < 4.78 is 0. The maximum absolute atomic E-state index is 13.8. The molecule has 148 valence electrons. The van der Waals surface area contributed by atoms with E-state index in [0.717, 1.165) is 40.8 Å². The Morgan fingerprint density at radius 2 is 1.66 bits per heavy atom. The first-order valence-corrected chi connectivity index (χ1v) is 10.4. The first-order valence-electron chi connectivity index (χ1n) is 10.1. The molecule has 1 amide bonds. The molecule has 0 spiro atoms. The summed E-state index contributed by atoms with van der Waals surface area (Å²) in [5, 5.41) is 3.79. The third-order valence-electron chi connectivity index (χ3n) is 7.76. The summed E-state index contributed by atoms with van der Waals surface area (Å²) in [6.45, 7) is 8.57. The highest BCUT2D eigenvalue weighted by molar-refractivity contribution is 6.31. The van der Waals surface area contributed by atoms with E-state index < -0.39 is 5.41 Å². The first-order chi connectivity index (χ1) is 13.7. The molecule has 1 heterocycles. The predicted octanol–water partition coefficient (Wildman–Crippen LogP) is 5.56. The summed E-state index contributed by atoms with van der Waals surface area (Å²) >= 11 is 6.28. The Balaban J connectivity index is 1.68. The number of fused-ring (bicyclic) bond motifs is 6. The smallest absolute Gasteiger partial charge is 0.237 e. The average molecular weight is 406 g/mol. The lowest BCUT2D eigenvalue weighted by molar-refractivity contribution is -0.125. The Labute approximate surface area is 175 Å². The first kappa shape index (κ1) is 18.6. The lowest BCUT2D eigenvalue weighted by Crippen LogP contribution is -2.48. The fraction of sp³-hybridized carbons (Fsp3) is 0.375. The van der Waals surface area contributed by atoms with Crippen LogP contribution in [0.2, 0.25) is 5.02 Å². The minimum atomic E-state index is -0.717. The van der Waals surface area contributed by atoms with Crippen molar-refractivity contribution in [3.63, 3.8) is 0 Å². The van der Waals surface area contributed by atoms with E-state index in [0.29, 0.717) is 10.7 Å². The molecule has 1 fully saturated rings. The highest BCUT2D eigenvalue weighted by Gasteiger charge is 2.73. The van der Waals surface area contributed by atoms with Crippen LogP contribution in [0.15, 0.2) is 42.5 Å². The Morgan fingerprint density at radius 3 is 2.31 bits per heavy atom. The molecule has 1 saturated carbocycles. The van der Waals surface area contributed by atoms with Gasteiger partial charge in [-0.05, 0) is 55.0 Å². The van der Waals surface area contributed by atoms with Gasteiger partial charge in [0.25, 0.3) is 0 Å². The van der Waals surface area contributed by atoms with Gasteiger partial charge in [0.1, 0.15) is 0 Å². The number of para-hydroxylation sites is 2. The van der Waals surface area contributed by atoms with E-state index in [1.54, 1.807) is 0 Å². The molecule has 1 aromatic heterocycles. The molecule has 1 N–H and O–H groups in total. The number of hydrogen-bond acceptors (Lipinski definition) is 3. The number of benzene rings is 2. The van der Waals surface area contributed by atoms with Crippen LogP contribution in [0.4, 0.5) is 5.69 Å². The Bertz CT molecular complexity index is 1190. The second-order valence-corrected chi connectivity index (χ2v) is 9.60. The zero-order chi connectivity index (χ0) is 20.6. The molecule has 29 heavy (non-hydrogen) atoms. The van der Waals surface area contributed by atoms with Crippen LogP contribution < -0.4 is 5.32 Å². The van der Waals surface area contributed by atoms with Gasteiger partial charge in [-0.1, -0.05) is 50.6 Å². The number of carbonyl (C=O) groups excluding carboxylic acids is 1. The number of nitrogens with zero attached hydrogens (tertiary/aromatic N) is 2. The van der Waals surface area contributed by atoms with Crippen LogP contribution in [0.3, 0.4) is 0 Å². The van der Waals surface area contributed by atoms with Crippen LogP contribution >= 0.6 is 11.6 Å². The molecule has 2 aliphatic carbocycles. The third-order valence-corrected chi connectivity index (χ3v) is 8.17.